The molecule has 0 aliphatic heterocycles. The summed E-state index contributed by atoms with van der Waals surface area (Å²) in [6, 6.07) is 5.09. The smallest absolute Gasteiger partial charge is 0.254 e. The van der Waals surface area contributed by atoms with Gasteiger partial charge in [-0.2, -0.15) is 0 Å². The highest BCUT2D eigenvalue weighted by Gasteiger charge is 2.16. The van der Waals surface area contributed by atoms with Gasteiger partial charge in [0.05, 0.1) is 20.8 Å². The van der Waals surface area contributed by atoms with Crippen molar-refractivity contribution in [2.75, 3.05) is 27.3 Å². The average Bonchev–Trinajstić information content (AvgIpc) is 2.45. The molecule has 0 atom stereocenters. The molecule has 1 amide bonds. The first-order valence-corrected chi connectivity index (χ1v) is 6.12. The third kappa shape index (κ3) is 3.92. The number of nitrogens with zero attached hydrogens (tertiary/aromatic N) is 1. The Morgan fingerprint density at radius 1 is 1.26 bits per heavy atom. The fraction of sp³-hybridized carbons (Fsp3) is 0.400. The number of ether oxygens (including phenoxy) is 2. The lowest BCUT2D eigenvalue weighted by atomic mass is 10.1. The van der Waals surface area contributed by atoms with Crippen molar-refractivity contribution in [3.8, 4) is 23.8 Å². The van der Waals surface area contributed by atoms with Crippen LogP contribution in [-0.2, 0) is 0 Å². The molecule has 102 valence electrons. The number of carbonyl (C=O) groups is 1. The lowest BCUT2D eigenvalue weighted by Gasteiger charge is -2.20. The quantitative estimate of drug-likeness (QED) is 0.737. The fourth-order valence-electron chi connectivity index (χ4n) is 1.75. The predicted octanol–water partition coefficient (Wildman–Crippen LogP) is 2.19. The highest BCUT2D eigenvalue weighted by molar-refractivity contribution is 5.95. The molecular formula is C15H19NO3. The Balaban J connectivity index is 3.06. The zero-order chi connectivity index (χ0) is 14.3. The van der Waals surface area contributed by atoms with Gasteiger partial charge in [-0.1, -0.05) is 12.8 Å². The molecule has 0 aliphatic rings. The van der Waals surface area contributed by atoms with E-state index in [0.29, 0.717) is 30.2 Å². The number of terminal acetylenes is 1. The zero-order valence-corrected chi connectivity index (χ0v) is 11.6. The SMILES string of the molecule is C#CCN(CCC)C(=O)c1cc(OC)cc(OC)c1. The number of amides is 1. The van der Waals surface area contributed by atoms with E-state index in [4.69, 9.17) is 15.9 Å². The topological polar surface area (TPSA) is 38.8 Å². The highest BCUT2D eigenvalue weighted by Crippen LogP contribution is 2.23. The molecule has 0 aliphatic carbocycles. The van der Waals surface area contributed by atoms with Crippen molar-refractivity contribution >= 4 is 5.91 Å². The summed E-state index contributed by atoms with van der Waals surface area (Å²) in [5, 5.41) is 0. The van der Waals surface area contributed by atoms with Gasteiger partial charge < -0.3 is 14.4 Å². The molecule has 1 aromatic carbocycles. The first-order chi connectivity index (χ1) is 9.15. The normalized spacial score (nSPS) is 9.58. The summed E-state index contributed by atoms with van der Waals surface area (Å²) in [6.45, 7) is 2.93. The molecule has 0 unspecified atom stereocenters. The Labute approximate surface area is 114 Å². The van der Waals surface area contributed by atoms with Crippen molar-refractivity contribution in [3.63, 3.8) is 0 Å². The predicted molar refractivity (Wildman–Crippen MR) is 74.6 cm³/mol. The van der Waals surface area contributed by atoms with E-state index in [9.17, 15) is 4.79 Å². The zero-order valence-electron chi connectivity index (χ0n) is 11.6. The second-order valence-corrected chi connectivity index (χ2v) is 4.03. The van der Waals surface area contributed by atoms with E-state index in [-0.39, 0.29) is 5.91 Å². The molecule has 0 spiro atoms. The van der Waals surface area contributed by atoms with Gasteiger partial charge in [0.2, 0.25) is 0 Å². The number of hydrogen-bond acceptors (Lipinski definition) is 3. The van der Waals surface area contributed by atoms with Crippen LogP contribution in [0.25, 0.3) is 0 Å². The second-order valence-electron chi connectivity index (χ2n) is 4.03. The maximum Gasteiger partial charge on any atom is 0.254 e. The van der Waals surface area contributed by atoms with E-state index in [0.717, 1.165) is 6.42 Å². The Kier molecular flexibility index (Phi) is 5.74. The molecule has 1 rings (SSSR count). The Morgan fingerprint density at radius 2 is 1.84 bits per heavy atom. The van der Waals surface area contributed by atoms with Crippen molar-refractivity contribution in [2.45, 2.75) is 13.3 Å². The van der Waals surface area contributed by atoms with E-state index in [1.54, 1.807) is 37.3 Å². The Hall–Kier alpha value is -2.15. The molecule has 0 aromatic heterocycles. The van der Waals surface area contributed by atoms with Crippen molar-refractivity contribution in [1.82, 2.24) is 4.90 Å². The molecule has 0 bridgehead atoms. The standard InChI is InChI=1S/C15H19NO3/c1-5-7-16(8-6-2)15(17)12-9-13(18-3)11-14(10-12)19-4/h1,9-11H,6-8H2,2-4H3. The van der Waals surface area contributed by atoms with Crippen molar-refractivity contribution in [1.29, 1.82) is 0 Å². The van der Waals surface area contributed by atoms with Gasteiger partial charge in [0.1, 0.15) is 11.5 Å². The largest absolute Gasteiger partial charge is 0.497 e. The third-order valence-electron chi connectivity index (χ3n) is 2.66. The van der Waals surface area contributed by atoms with Gasteiger partial charge in [-0.05, 0) is 18.6 Å². The lowest BCUT2D eigenvalue weighted by molar-refractivity contribution is 0.0776. The van der Waals surface area contributed by atoms with Gasteiger partial charge in [0, 0.05) is 18.2 Å². The molecular weight excluding hydrogens is 242 g/mol. The number of methoxy groups -OCH3 is 2. The van der Waals surface area contributed by atoms with Gasteiger partial charge in [-0.25, -0.2) is 0 Å². The Morgan fingerprint density at radius 3 is 2.26 bits per heavy atom. The molecule has 0 heterocycles. The molecule has 4 nitrogen and oxygen atoms in total. The minimum atomic E-state index is -0.114. The third-order valence-corrected chi connectivity index (χ3v) is 2.66. The number of hydrogen-bond donors (Lipinski definition) is 0. The summed E-state index contributed by atoms with van der Waals surface area (Å²) in [4.78, 5) is 14.0. The first-order valence-electron chi connectivity index (χ1n) is 6.12. The first kappa shape index (κ1) is 14.9. The minimum Gasteiger partial charge on any atom is -0.497 e. The monoisotopic (exact) mass is 261 g/mol. The van der Waals surface area contributed by atoms with Crippen LogP contribution < -0.4 is 9.47 Å². The van der Waals surface area contributed by atoms with E-state index < -0.39 is 0 Å². The van der Waals surface area contributed by atoms with Crippen LogP contribution in [0.1, 0.15) is 23.7 Å². The number of benzene rings is 1. The van der Waals surface area contributed by atoms with E-state index in [2.05, 4.69) is 5.92 Å². The van der Waals surface area contributed by atoms with E-state index in [1.807, 2.05) is 6.92 Å². The maximum atomic E-state index is 12.4. The van der Waals surface area contributed by atoms with Crippen LogP contribution >= 0.6 is 0 Å². The molecule has 1 aromatic rings. The number of rotatable bonds is 6. The van der Waals surface area contributed by atoms with Crippen LogP contribution in [0, 0.1) is 12.3 Å². The summed E-state index contributed by atoms with van der Waals surface area (Å²) in [7, 11) is 3.10. The van der Waals surface area contributed by atoms with Crippen LogP contribution in [0.15, 0.2) is 18.2 Å². The van der Waals surface area contributed by atoms with Gasteiger partial charge >= 0.3 is 0 Å². The molecule has 19 heavy (non-hydrogen) atoms. The minimum absolute atomic E-state index is 0.114. The van der Waals surface area contributed by atoms with Crippen molar-refractivity contribution < 1.29 is 14.3 Å². The molecule has 0 saturated heterocycles. The second kappa shape index (κ2) is 7.32. The van der Waals surface area contributed by atoms with Crippen LogP contribution in [0.3, 0.4) is 0 Å². The van der Waals surface area contributed by atoms with Crippen LogP contribution in [0.2, 0.25) is 0 Å². The van der Waals surface area contributed by atoms with Gasteiger partial charge in [-0.3, -0.25) is 4.79 Å². The molecule has 4 heteroatoms. The van der Waals surface area contributed by atoms with Crippen molar-refractivity contribution in [2.24, 2.45) is 0 Å². The van der Waals surface area contributed by atoms with E-state index in [1.165, 1.54) is 0 Å². The van der Waals surface area contributed by atoms with Gasteiger partial charge in [-0.15, -0.1) is 6.42 Å². The van der Waals surface area contributed by atoms with E-state index >= 15 is 0 Å². The van der Waals surface area contributed by atoms with Crippen LogP contribution in [0.5, 0.6) is 11.5 Å². The number of carbonyl (C=O) groups excluding carboxylic acids is 1. The lowest BCUT2D eigenvalue weighted by Crippen LogP contribution is -2.32. The summed E-state index contributed by atoms with van der Waals surface area (Å²) in [6.07, 6.45) is 6.15. The van der Waals surface area contributed by atoms with Crippen LogP contribution in [0.4, 0.5) is 0 Å². The van der Waals surface area contributed by atoms with Crippen molar-refractivity contribution in [3.05, 3.63) is 23.8 Å². The molecule has 0 radical (unpaired) electrons. The Bertz CT molecular complexity index is 455. The van der Waals surface area contributed by atoms with Gasteiger partial charge in [0.15, 0.2) is 0 Å². The molecule has 0 fully saturated rings. The summed E-state index contributed by atoms with van der Waals surface area (Å²) in [5.74, 6) is 3.56. The highest BCUT2D eigenvalue weighted by atomic mass is 16.5. The molecule has 0 N–H and O–H groups in total. The van der Waals surface area contributed by atoms with Crippen LogP contribution in [-0.4, -0.2) is 38.1 Å². The average molecular weight is 261 g/mol. The van der Waals surface area contributed by atoms with Gasteiger partial charge in [0.25, 0.3) is 5.91 Å². The fourth-order valence-corrected chi connectivity index (χ4v) is 1.75. The summed E-state index contributed by atoms with van der Waals surface area (Å²) in [5.41, 5.74) is 0.514. The maximum absolute atomic E-state index is 12.4. The summed E-state index contributed by atoms with van der Waals surface area (Å²) >= 11 is 0. The molecule has 0 saturated carbocycles. The summed E-state index contributed by atoms with van der Waals surface area (Å²) < 4.78 is 10.3.